The minimum Gasteiger partial charge on any atom is -0.464 e. The molecule has 0 unspecified atom stereocenters. The van der Waals surface area contributed by atoms with Crippen LogP contribution in [0.3, 0.4) is 0 Å². The molecule has 3 rings (SSSR count). The number of carbonyl (C=O) groups excluding carboxylic acids is 1. The molecule has 0 spiro atoms. The Bertz CT molecular complexity index is 857. The minimum absolute atomic E-state index is 0.102. The second-order valence-electron chi connectivity index (χ2n) is 5.76. The van der Waals surface area contributed by atoms with E-state index in [1.54, 1.807) is 29.5 Å². The highest BCUT2D eigenvalue weighted by Crippen LogP contribution is 2.20. The molecule has 1 N–H and O–H groups in total. The molecule has 2 heterocycles. The summed E-state index contributed by atoms with van der Waals surface area (Å²) in [5.74, 6) is 0.988. The van der Waals surface area contributed by atoms with Crippen molar-refractivity contribution < 1.29 is 9.21 Å². The van der Waals surface area contributed by atoms with Crippen LogP contribution >= 0.6 is 0 Å². The highest BCUT2D eigenvalue weighted by atomic mass is 16.3. The standard InChI is InChI=1S/C18H20N4O2/c1-4-22(16-7-9-19-18(21-16)20-12(2)3)17(23)14-5-6-15-13(11-14)8-10-24-15/h5-12H,4H2,1-3H3,(H,19,20,21). The topological polar surface area (TPSA) is 71.3 Å². The fourth-order valence-corrected chi connectivity index (χ4v) is 2.49. The van der Waals surface area contributed by atoms with Gasteiger partial charge in [0.15, 0.2) is 0 Å². The smallest absolute Gasteiger partial charge is 0.259 e. The lowest BCUT2D eigenvalue weighted by molar-refractivity contribution is 0.0987. The first-order valence-electron chi connectivity index (χ1n) is 7.97. The quantitative estimate of drug-likeness (QED) is 0.774. The van der Waals surface area contributed by atoms with E-state index in [0.29, 0.717) is 23.9 Å². The predicted molar refractivity (Wildman–Crippen MR) is 94.4 cm³/mol. The number of amides is 1. The molecule has 0 aliphatic heterocycles. The zero-order chi connectivity index (χ0) is 17.1. The number of nitrogens with one attached hydrogen (secondary N) is 1. The van der Waals surface area contributed by atoms with Crippen molar-refractivity contribution in [3.63, 3.8) is 0 Å². The maximum atomic E-state index is 12.9. The van der Waals surface area contributed by atoms with Gasteiger partial charge in [0.2, 0.25) is 5.95 Å². The molecule has 0 saturated heterocycles. The lowest BCUT2D eigenvalue weighted by Crippen LogP contribution is -2.31. The van der Waals surface area contributed by atoms with Crippen LogP contribution < -0.4 is 10.2 Å². The highest BCUT2D eigenvalue weighted by Gasteiger charge is 2.18. The van der Waals surface area contributed by atoms with Crippen molar-refractivity contribution in [2.75, 3.05) is 16.8 Å². The molecule has 24 heavy (non-hydrogen) atoms. The second kappa shape index (κ2) is 6.70. The van der Waals surface area contributed by atoms with Gasteiger partial charge < -0.3 is 9.73 Å². The maximum Gasteiger partial charge on any atom is 0.259 e. The van der Waals surface area contributed by atoms with Gasteiger partial charge in [-0.3, -0.25) is 9.69 Å². The minimum atomic E-state index is -0.102. The molecule has 124 valence electrons. The molecular weight excluding hydrogens is 304 g/mol. The van der Waals surface area contributed by atoms with Gasteiger partial charge in [0.05, 0.1) is 6.26 Å². The summed E-state index contributed by atoms with van der Waals surface area (Å²) >= 11 is 0. The largest absolute Gasteiger partial charge is 0.464 e. The van der Waals surface area contributed by atoms with Crippen molar-refractivity contribution in [2.45, 2.75) is 26.8 Å². The van der Waals surface area contributed by atoms with Crippen LogP contribution in [-0.2, 0) is 0 Å². The first-order chi connectivity index (χ1) is 11.6. The molecule has 0 atom stereocenters. The molecule has 0 saturated carbocycles. The van der Waals surface area contributed by atoms with Crippen LogP contribution in [0.25, 0.3) is 11.0 Å². The van der Waals surface area contributed by atoms with Crippen molar-refractivity contribution in [3.8, 4) is 0 Å². The van der Waals surface area contributed by atoms with E-state index >= 15 is 0 Å². The number of aromatic nitrogens is 2. The first kappa shape index (κ1) is 16.0. The Morgan fingerprint density at radius 1 is 1.29 bits per heavy atom. The van der Waals surface area contributed by atoms with Crippen LogP contribution in [0.1, 0.15) is 31.1 Å². The number of hydrogen-bond donors (Lipinski definition) is 1. The molecule has 6 nitrogen and oxygen atoms in total. The Kier molecular flexibility index (Phi) is 4.46. The van der Waals surface area contributed by atoms with E-state index in [-0.39, 0.29) is 11.9 Å². The van der Waals surface area contributed by atoms with E-state index in [1.165, 1.54) is 0 Å². The number of benzene rings is 1. The van der Waals surface area contributed by atoms with Gasteiger partial charge in [-0.15, -0.1) is 0 Å². The average Bonchev–Trinajstić information content (AvgIpc) is 3.02. The molecule has 0 aliphatic rings. The molecule has 0 fully saturated rings. The number of anilines is 2. The van der Waals surface area contributed by atoms with Gasteiger partial charge in [0.25, 0.3) is 5.91 Å². The van der Waals surface area contributed by atoms with Gasteiger partial charge in [-0.2, -0.15) is 4.98 Å². The van der Waals surface area contributed by atoms with E-state index in [1.807, 2.05) is 39.0 Å². The lowest BCUT2D eigenvalue weighted by Gasteiger charge is -2.20. The molecule has 6 heteroatoms. The summed E-state index contributed by atoms with van der Waals surface area (Å²) in [5.41, 5.74) is 1.36. The number of nitrogens with zero attached hydrogens (tertiary/aromatic N) is 3. The fourth-order valence-electron chi connectivity index (χ4n) is 2.49. The van der Waals surface area contributed by atoms with E-state index in [2.05, 4.69) is 15.3 Å². The summed E-state index contributed by atoms with van der Waals surface area (Å²) in [6, 6.07) is 9.21. The van der Waals surface area contributed by atoms with E-state index in [4.69, 9.17) is 4.42 Å². The second-order valence-corrected chi connectivity index (χ2v) is 5.76. The van der Waals surface area contributed by atoms with Crippen LogP contribution in [0.2, 0.25) is 0 Å². The van der Waals surface area contributed by atoms with Crippen LogP contribution in [0.15, 0.2) is 47.2 Å². The van der Waals surface area contributed by atoms with Crippen molar-refractivity contribution in [2.24, 2.45) is 0 Å². The third-order valence-electron chi connectivity index (χ3n) is 3.60. The number of rotatable bonds is 5. The van der Waals surface area contributed by atoms with Crippen molar-refractivity contribution in [3.05, 3.63) is 48.4 Å². The van der Waals surface area contributed by atoms with Crippen molar-refractivity contribution in [1.29, 1.82) is 0 Å². The third-order valence-corrected chi connectivity index (χ3v) is 3.60. The average molecular weight is 324 g/mol. The molecule has 1 amide bonds. The van der Waals surface area contributed by atoms with E-state index in [9.17, 15) is 4.79 Å². The van der Waals surface area contributed by atoms with Gasteiger partial charge >= 0.3 is 0 Å². The number of carbonyl (C=O) groups is 1. The molecule has 2 aromatic heterocycles. The summed E-state index contributed by atoms with van der Waals surface area (Å²) in [6.07, 6.45) is 3.27. The Hall–Kier alpha value is -2.89. The maximum absolute atomic E-state index is 12.9. The number of fused-ring (bicyclic) bond motifs is 1. The SMILES string of the molecule is CCN(C(=O)c1ccc2occc2c1)c1ccnc(NC(C)C)n1. The van der Waals surface area contributed by atoms with Gasteiger partial charge in [-0.05, 0) is 51.1 Å². The first-order valence-corrected chi connectivity index (χ1v) is 7.97. The summed E-state index contributed by atoms with van der Waals surface area (Å²) in [6.45, 7) is 6.46. The predicted octanol–water partition coefficient (Wildman–Crippen LogP) is 3.71. The lowest BCUT2D eigenvalue weighted by atomic mass is 10.1. The highest BCUT2D eigenvalue weighted by molar-refractivity contribution is 6.07. The Balaban J connectivity index is 1.91. The van der Waals surface area contributed by atoms with Crippen molar-refractivity contribution >= 4 is 28.6 Å². The fraction of sp³-hybridized carbons (Fsp3) is 0.278. The summed E-state index contributed by atoms with van der Waals surface area (Å²) in [5, 5.41) is 4.06. The third kappa shape index (κ3) is 3.22. The van der Waals surface area contributed by atoms with Gasteiger partial charge in [0, 0.05) is 29.7 Å². The zero-order valence-electron chi connectivity index (χ0n) is 14.0. The molecular formula is C18H20N4O2. The van der Waals surface area contributed by atoms with Gasteiger partial charge in [-0.25, -0.2) is 4.98 Å². The van der Waals surface area contributed by atoms with Crippen molar-refractivity contribution in [1.82, 2.24) is 9.97 Å². The molecule has 1 aromatic carbocycles. The number of furan rings is 1. The van der Waals surface area contributed by atoms with Crippen LogP contribution in [-0.4, -0.2) is 28.5 Å². The summed E-state index contributed by atoms with van der Waals surface area (Å²) in [7, 11) is 0. The van der Waals surface area contributed by atoms with E-state index in [0.717, 1.165) is 11.0 Å². The van der Waals surface area contributed by atoms with Gasteiger partial charge in [0.1, 0.15) is 11.4 Å². The Morgan fingerprint density at radius 2 is 2.12 bits per heavy atom. The Labute approximate surface area is 140 Å². The summed E-state index contributed by atoms with van der Waals surface area (Å²) in [4.78, 5) is 23.2. The van der Waals surface area contributed by atoms with Crippen LogP contribution in [0.4, 0.5) is 11.8 Å². The zero-order valence-corrected chi connectivity index (χ0v) is 14.0. The molecule has 0 radical (unpaired) electrons. The Morgan fingerprint density at radius 3 is 2.88 bits per heavy atom. The van der Waals surface area contributed by atoms with Crippen LogP contribution in [0.5, 0.6) is 0 Å². The summed E-state index contributed by atoms with van der Waals surface area (Å²) < 4.78 is 5.32. The normalized spacial score (nSPS) is 11.0. The van der Waals surface area contributed by atoms with Crippen LogP contribution in [0, 0.1) is 0 Å². The van der Waals surface area contributed by atoms with Gasteiger partial charge in [-0.1, -0.05) is 0 Å². The molecule has 0 aliphatic carbocycles. The van der Waals surface area contributed by atoms with E-state index < -0.39 is 0 Å². The molecule has 0 bridgehead atoms. The monoisotopic (exact) mass is 324 g/mol. The molecule has 3 aromatic rings. The number of hydrogen-bond acceptors (Lipinski definition) is 5.